The Morgan fingerprint density at radius 2 is 1.58 bits per heavy atom. The summed E-state index contributed by atoms with van der Waals surface area (Å²) in [7, 11) is 0. The van der Waals surface area contributed by atoms with E-state index in [-0.39, 0.29) is 6.42 Å². The van der Waals surface area contributed by atoms with Crippen molar-refractivity contribution in [2.45, 2.75) is 78.2 Å². The van der Waals surface area contributed by atoms with Crippen LogP contribution in [-0.4, -0.2) is 38.3 Å². The molecule has 178 valence electrons. The fourth-order valence-corrected chi connectivity index (χ4v) is 3.87. The van der Waals surface area contributed by atoms with Crippen molar-refractivity contribution in [3.63, 3.8) is 0 Å². The molecule has 0 aliphatic carbocycles. The first-order valence-corrected chi connectivity index (χ1v) is 12.1. The molecular formula is C27H37N3O3. The van der Waals surface area contributed by atoms with E-state index in [1.807, 2.05) is 69.3 Å². The van der Waals surface area contributed by atoms with Gasteiger partial charge in [-0.25, -0.2) is 4.79 Å². The molecule has 0 fully saturated rings. The minimum Gasteiger partial charge on any atom is -0.464 e. The van der Waals surface area contributed by atoms with Crippen LogP contribution in [0, 0.1) is 5.41 Å². The first-order valence-electron chi connectivity index (χ1n) is 12.1. The van der Waals surface area contributed by atoms with E-state index >= 15 is 0 Å². The monoisotopic (exact) mass is 451 g/mol. The Balaban J connectivity index is 1.70. The molecule has 6 nitrogen and oxygen atoms in total. The van der Waals surface area contributed by atoms with Gasteiger partial charge in [-0.3, -0.25) is 0 Å². The highest BCUT2D eigenvalue weighted by molar-refractivity contribution is 5.81. The SMILES string of the molecule is CCCCCCCCOC(=O)C(O)(Cc1cccc(-n2nc3ccccc3n2)c1)C(C)(C)C. The summed E-state index contributed by atoms with van der Waals surface area (Å²) in [6, 6.07) is 15.3. The lowest BCUT2D eigenvalue weighted by molar-refractivity contribution is -0.178. The second kappa shape index (κ2) is 10.9. The van der Waals surface area contributed by atoms with Gasteiger partial charge in [-0.15, -0.1) is 10.2 Å². The number of hydrogen-bond donors (Lipinski definition) is 1. The van der Waals surface area contributed by atoms with Gasteiger partial charge in [-0.2, -0.15) is 4.80 Å². The van der Waals surface area contributed by atoms with Crippen LogP contribution < -0.4 is 0 Å². The third-order valence-electron chi connectivity index (χ3n) is 6.20. The predicted molar refractivity (Wildman–Crippen MR) is 131 cm³/mol. The van der Waals surface area contributed by atoms with Crippen LogP contribution in [0.2, 0.25) is 0 Å². The number of ether oxygens (including phenoxy) is 1. The van der Waals surface area contributed by atoms with Crippen molar-refractivity contribution in [2.24, 2.45) is 5.41 Å². The number of aromatic nitrogens is 3. The van der Waals surface area contributed by atoms with Crippen molar-refractivity contribution in [2.75, 3.05) is 6.61 Å². The quantitative estimate of drug-likeness (QED) is 0.301. The van der Waals surface area contributed by atoms with E-state index in [9.17, 15) is 9.90 Å². The number of benzene rings is 2. The zero-order chi connectivity index (χ0) is 23.9. The van der Waals surface area contributed by atoms with E-state index in [0.29, 0.717) is 6.61 Å². The van der Waals surface area contributed by atoms with Gasteiger partial charge in [0.2, 0.25) is 0 Å². The molecule has 0 aliphatic rings. The largest absolute Gasteiger partial charge is 0.464 e. The van der Waals surface area contributed by atoms with Crippen LogP contribution >= 0.6 is 0 Å². The number of fused-ring (bicyclic) bond motifs is 1. The smallest absolute Gasteiger partial charge is 0.339 e. The first kappa shape index (κ1) is 24.9. The molecule has 1 heterocycles. The van der Waals surface area contributed by atoms with Crippen LogP contribution in [0.3, 0.4) is 0 Å². The van der Waals surface area contributed by atoms with Gasteiger partial charge in [0, 0.05) is 11.8 Å². The molecule has 1 atom stereocenters. The van der Waals surface area contributed by atoms with Gasteiger partial charge in [0.25, 0.3) is 0 Å². The highest BCUT2D eigenvalue weighted by atomic mass is 16.5. The van der Waals surface area contributed by atoms with Gasteiger partial charge in [-0.1, -0.05) is 84.1 Å². The van der Waals surface area contributed by atoms with Crippen LogP contribution in [0.1, 0.15) is 71.8 Å². The molecule has 1 N–H and O–H groups in total. The molecule has 0 saturated heterocycles. The molecule has 6 heteroatoms. The summed E-state index contributed by atoms with van der Waals surface area (Å²) in [6.45, 7) is 8.13. The fourth-order valence-electron chi connectivity index (χ4n) is 3.87. The zero-order valence-electron chi connectivity index (χ0n) is 20.4. The van der Waals surface area contributed by atoms with E-state index in [2.05, 4.69) is 17.1 Å². The highest BCUT2D eigenvalue weighted by Crippen LogP contribution is 2.35. The maximum atomic E-state index is 13.0. The standard InChI is InChI=1S/C27H37N3O3/c1-5-6-7-8-9-12-18-33-25(31)27(32,26(2,3)4)20-21-14-13-15-22(19-21)30-28-23-16-10-11-17-24(23)29-30/h10-11,13-17,19,32H,5-9,12,18,20H2,1-4H3. The molecule has 3 aromatic rings. The number of unbranched alkanes of at least 4 members (excludes halogenated alkanes) is 5. The second-order valence-corrected chi connectivity index (χ2v) is 9.84. The molecule has 1 unspecified atom stereocenters. The Hall–Kier alpha value is -2.73. The molecule has 0 spiro atoms. The lowest BCUT2D eigenvalue weighted by Crippen LogP contribution is -2.52. The maximum absolute atomic E-state index is 13.0. The minimum absolute atomic E-state index is 0.153. The molecule has 1 aromatic heterocycles. The predicted octanol–water partition coefficient (Wildman–Crippen LogP) is 5.64. The van der Waals surface area contributed by atoms with Crippen LogP contribution in [0.25, 0.3) is 16.7 Å². The number of carbonyl (C=O) groups is 1. The molecule has 3 rings (SSSR count). The number of rotatable bonds is 11. The van der Waals surface area contributed by atoms with E-state index in [1.54, 1.807) is 4.80 Å². The van der Waals surface area contributed by atoms with Crippen molar-refractivity contribution in [3.05, 3.63) is 54.1 Å². The number of hydrogen-bond acceptors (Lipinski definition) is 5. The Morgan fingerprint density at radius 3 is 2.21 bits per heavy atom. The summed E-state index contributed by atoms with van der Waals surface area (Å²) in [6.07, 6.45) is 6.83. The lowest BCUT2D eigenvalue weighted by Gasteiger charge is -2.38. The van der Waals surface area contributed by atoms with Crippen molar-refractivity contribution in [1.29, 1.82) is 0 Å². The summed E-state index contributed by atoms with van der Waals surface area (Å²) >= 11 is 0. The van der Waals surface area contributed by atoms with Gasteiger partial charge in [0.05, 0.1) is 12.3 Å². The Kier molecular flexibility index (Phi) is 8.25. The van der Waals surface area contributed by atoms with Gasteiger partial charge in [-0.05, 0) is 36.2 Å². The van der Waals surface area contributed by atoms with E-state index < -0.39 is 17.0 Å². The average Bonchev–Trinajstić information content (AvgIpc) is 3.22. The normalized spacial score (nSPS) is 13.7. The minimum atomic E-state index is -1.64. The molecule has 0 saturated carbocycles. The van der Waals surface area contributed by atoms with Gasteiger partial charge < -0.3 is 9.84 Å². The van der Waals surface area contributed by atoms with Crippen LogP contribution in [-0.2, 0) is 16.0 Å². The summed E-state index contributed by atoms with van der Waals surface area (Å²) < 4.78 is 5.55. The zero-order valence-corrected chi connectivity index (χ0v) is 20.4. The average molecular weight is 452 g/mol. The lowest BCUT2D eigenvalue weighted by atomic mass is 9.73. The molecule has 0 aliphatic heterocycles. The maximum Gasteiger partial charge on any atom is 0.339 e. The number of esters is 1. The van der Waals surface area contributed by atoms with E-state index in [4.69, 9.17) is 4.74 Å². The van der Waals surface area contributed by atoms with Crippen molar-refractivity contribution >= 4 is 17.0 Å². The van der Waals surface area contributed by atoms with E-state index in [1.165, 1.54) is 19.3 Å². The molecular weight excluding hydrogens is 414 g/mol. The van der Waals surface area contributed by atoms with Crippen molar-refractivity contribution in [1.82, 2.24) is 15.0 Å². The van der Waals surface area contributed by atoms with Gasteiger partial charge in [0.1, 0.15) is 11.0 Å². The molecule has 0 radical (unpaired) electrons. The Morgan fingerprint density at radius 1 is 0.939 bits per heavy atom. The summed E-state index contributed by atoms with van der Waals surface area (Å²) in [4.78, 5) is 14.6. The number of aliphatic hydroxyl groups is 1. The fraction of sp³-hybridized carbons (Fsp3) is 0.519. The summed E-state index contributed by atoms with van der Waals surface area (Å²) in [5.41, 5.74) is 0.888. The third-order valence-corrected chi connectivity index (χ3v) is 6.20. The molecule has 2 aromatic carbocycles. The summed E-state index contributed by atoms with van der Waals surface area (Å²) in [5, 5.41) is 20.6. The first-order chi connectivity index (χ1) is 15.7. The van der Waals surface area contributed by atoms with Gasteiger partial charge >= 0.3 is 5.97 Å². The number of carbonyl (C=O) groups excluding carboxylic acids is 1. The van der Waals surface area contributed by atoms with Crippen LogP contribution in [0.15, 0.2) is 48.5 Å². The van der Waals surface area contributed by atoms with Gasteiger partial charge in [0.15, 0.2) is 5.60 Å². The van der Waals surface area contributed by atoms with Crippen LogP contribution in [0.5, 0.6) is 0 Å². The molecule has 33 heavy (non-hydrogen) atoms. The highest BCUT2D eigenvalue weighted by Gasteiger charge is 2.48. The number of nitrogens with zero attached hydrogens (tertiary/aromatic N) is 3. The third kappa shape index (κ3) is 6.20. The molecule has 0 amide bonds. The Bertz CT molecular complexity index is 1020. The van der Waals surface area contributed by atoms with Crippen molar-refractivity contribution < 1.29 is 14.6 Å². The van der Waals surface area contributed by atoms with Crippen LogP contribution in [0.4, 0.5) is 0 Å². The van der Waals surface area contributed by atoms with E-state index in [0.717, 1.165) is 41.5 Å². The topological polar surface area (TPSA) is 77.2 Å². The van der Waals surface area contributed by atoms with Crippen molar-refractivity contribution in [3.8, 4) is 5.69 Å². The Labute approximate surface area is 197 Å². The second-order valence-electron chi connectivity index (χ2n) is 9.84. The molecule has 0 bridgehead atoms. The summed E-state index contributed by atoms with van der Waals surface area (Å²) in [5.74, 6) is -0.558.